The molecule has 6 heteroatoms. The van der Waals surface area contributed by atoms with Crippen molar-refractivity contribution in [1.82, 2.24) is 14.8 Å². The molecule has 0 aliphatic carbocycles. The molecule has 0 unspecified atom stereocenters. The van der Waals surface area contributed by atoms with Crippen LogP contribution >= 0.6 is 0 Å². The van der Waals surface area contributed by atoms with E-state index in [1.807, 2.05) is 38.4 Å². The van der Waals surface area contributed by atoms with Gasteiger partial charge in [0.15, 0.2) is 0 Å². The second-order valence-corrected chi connectivity index (χ2v) is 8.83. The van der Waals surface area contributed by atoms with E-state index in [0.717, 1.165) is 42.6 Å². The van der Waals surface area contributed by atoms with Gasteiger partial charge in [0.2, 0.25) is 0 Å². The van der Waals surface area contributed by atoms with Gasteiger partial charge in [-0.25, -0.2) is 14.2 Å². The van der Waals surface area contributed by atoms with Crippen LogP contribution in [-0.4, -0.2) is 20.7 Å². The summed E-state index contributed by atoms with van der Waals surface area (Å²) < 4.78 is 22.6. The van der Waals surface area contributed by atoms with Crippen LogP contribution in [0.3, 0.4) is 0 Å². The molecule has 0 N–H and O–H groups in total. The molecule has 0 amide bonds. The first kappa shape index (κ1) is 19.6. The summed E-state index contributed by atoms with van der Waals surface area (Å²) in [6.07, 6.45) is 4.48. The number of carbonyl (C=O) groups is 1. The predicted molar refractivity (Wildman–Crippen MR) is 110 cm³/mol. The monoisotopic (exact) mass is 395 g/mol. The van der Waals surface area contributed by atoms with E-state index in [1.54, 1.807) is 13.1 Å². The Morgan fingerprint density at radius 1 is 1.21 bits per heavy atom. The molecule has 0 fully saturated rings. The number of fused-ring (bicyclic) bond motifs is 2. The van der Waals surface area contributed by atoms with Gasteiger partial charge in [0.1, 0.15) is 22.6 Å². The zero-order valence-corrected chi connectivity index (χ0v) is 17.6. The first-order valence-electron chi connectivity index (χ1n) is 10.0. The van der Waals surface area contributed by atoms with Gasteiger partial charge in [-0.15, -0.1) is 0 Å². The molecule has 2 aromatic heterocycles. The molecule has 4 rings (SSSR count). The topological polar surface area (TPSA) is 57.0 Å². The molecular formula is C23H26FN3O2. The lowest BCUT2D eigenvalue weighted by atomic mass is 9.86. The van der Waals surface area contributed by atoms with Gasteiger partial charge in [0.25, 0.3) is 0 Å². The molecule has 0 saturated carbocycles. The van der Waals surface area contributed by atoms with Crippen LogP contribution in [0.25, 0.3) is 10.9 Å². The summed E-state index contributed by atoms with van der Waals surface area (Å²) in [5.74, 6) is -0.487. The fourth-order valence-electron chi connectivity index (χ4n) is 3.81. The Balaban J connectivity index is 1.84. The van der Waals surface area contributed by atoms with Crippen molar-refractivity contribution in [2.75, 3.05) is 0 Å². The highest BCUT2D eigenvalue weighted by Gasteiger charge is 2.25. The van der Waals surface area contributed by atoms with Crippen molar-refractivity contribution in [3.63, 3.8) is 0 Å². The summed E-state index contributed by atoms with van der Waals surface area (Å²) in [4.78, 5) is 17.4. The number of esters is 1. The van der Waals surface area contributed by atoms with Crippen LogP contribution in [0.15, 0.2) is 18.3 Å². The SMILES string of the molecule is Cc1nc2c(F)cc(C(C)(C)C)cc2c(OC(=O)c2cnn3c2CCCC3)c1C. The first-order valence-corrected chi connectivity index (χ1v) is 10.0. The van der Waals surface area contributed by atoms with Gasteiger partial charge in [-0.2, -0.15) is 5.10 Å². The van der Waals surface area contributed by atoms with Crippen molar-refractivity contribution in [2.24, 2.45) is 0 Å². The minimum atomic E-state index is -0.454. The van der Waals surface area contributed by atoms with Gasteiger partial charge in [0, 0.05) is 23.2 Å². The van der Waals surface area contributed by atoms with E-state index in [-0.39, 0.29) is 10.9 Å². The van der Waals surface area contributed by atoms with Crippen LogP contribution in [0, 0.1) is 19.7 Å². The minimum absolute atomic E-state index is 0.223. The average Bonchev–Trinajstić information content (AvgIpc) is 3.09. The summed E-state index contributed by atoms with van der Waals surface area (Å²) in [6, 6.07) is 3.40. The highest BCUT2D eigenvalue weighted by Crippen LogP contribution is 2.36. The highest BCUT2D eigenvalue weighted by molar-refractivity contribution is 5.96. The molecule has 1 aliphatic rings. The van der Waals surface area contributed by atoms with E-state index in [4.69, 9.17) is 4.74 Å². The van der Waals surface area contributed by atoms with Crippen molar-refractivity contribution in [3.8, 4) is 5.75 Å². The summed E-state index contributed by atoms with van der Waals surface area (Å²) >= 11 is 0. The quantitative estimate of drug-likeness (QED) is 0.571. The Labute approximate surface area is 169 Å². The predicted octanol–water partition coefficient (Wildman–Crippen LogP) is 5.04. The van der Waals surface area contributed by atoms with Gasteiger partial charge in [-0.3, -0.25) is 4.68 Å². The van der Waals surface area contributed by atoms with Gasteiger partial charge in [0.05, 0.1) is 11.9 Å². The molecule has 5 nitrogen and oxygen atoms in total. The molecule has 0 spiro atoms. The standard InChI is InChI=1S/C23H26FN3O2/c1-13-14(2)26-20-16(10-15(11-18(20)24)23(3,4)5)21(13)29-22(28)17-12-25-27-9-7-6-8-19(17)27/h10-12H,6-9H2,1-5H3. The van der Waals surface area contributed by atoms with Crippen molar-refractivity contribution in [1.29, 1.82) is 0 Å². The van der Waals surface area contributed by atoms with E-state index in [0.29, 0.717) is 22.4 Å². The van der Waals surface area contributed by atoms with Crippen LogP contribution in [0.5, 0.6) is 5.75 Å². The second-order valence-electron chi connectivity index (χ2n) is 8.83. The molecule has 0 saturated heterocycles. The van der Waals surface area contributed by atoms with Crippen LogP contribution in [-0.2, 0) is 18.4 Å². The van der Waals surface area contributed by atoms with E-state index >= 15 is 0 Å². The third-order valence-corrected chi connectivity index (χ3v) is 5.73. The first-order chi connectivity index (χ1) is 13.7. The fraction of sp³-hybridized carbons (Fsp3) is 0.435. The maximum absolute atomic E-state index is 14.9. The molecular weight excluding hydrogens is 369 g/mol. The highest BCUT2D eigenvalue weighted by atomic mass is 19.1. The lowest BCUT2D eigenvalue weighted by Gasteiger charge is -2.21. The number of aromatic nitrogens is 3. The maximum atomic E-state index is 14.9. The lowest BCUT2D eigenvalue weighted by molar-refractivity contribution is 0.0734. The van der Waals surface area contributed by atoms with Gasteiger partial charge < -0.3 is 4.74 Å². The Bertz CT molecular complexity index is 1130. The van der Waals surface area contributed by atoms with E-state index in [1.165, 1.54) is 6.07 Å². The third-order valence-electron chi connectivity index (χ3n) is 5.73. The number of hydrogen-bond acceptors (Lipinski definition) is 4. The Morgan fingerprint density at radius 3 is 2.69 bits per heavy atom. The van der Waals surface area contributed by atoms with Crippen LogP contribution < -0.4 is 4.74 Å². The largest absolute Gasteiger partial charge is 0.422 e. The van der Waals surface area contributed by atoms with Crippen LogP contribution in [0.1, 0.15) is 66.5 Å². The number of nitrogens with zero attached hydrogens (tertiary/aromatic N) is 3. The van der Waals surface area contributed by atoms with E-state index in [2.05, 4.69) is 10.1 Å². The zero-order chi connectivity index (χ0) is 20.9. The van der Waals surface area contributed by atoms with Gasteiger partial charge in [-0.05, 0) is 56.2 Å². The van der Waals surface area contributed by atoms with Crippen molar-refractivity contribution in [3.05, 3.63) is 52.2 Å². The number of hydrogen-bond donors (Lipinski definition) is 0. The normalized spacial score (nSPS) is 14.1. The number of carbonyl (C=O) groups excluding carboxylic acids is 1. The smallest absolute Gasteiger partial charge is 0.347 e. The van der Waals surface area contributed by atoms with Crippen LogP contribution in [0.4, 0.5) is 4.39 Å². The molecule has 1 aromatic carbocycles. The zero-order valence-electron chi connectivity index (χ0n) is 17.6. The number of halogens is 1. The molecule has 29 heavy (non-hydrogen) atoms. The average molecular weight is 395 g/mol. The summed E-state index contributed by atoms with van der Waals surface area (Å²) in [5.41, 5.74) is 3.57. The van der Waals surface area contributed by atoms with Crippen LogP contribution in [0.2, 0.25) is 0 Å². The van der Waals surface area contributed by atoms with E-state index < -0.39 is 11.8 Å². The van der Waals surface area contributed by atoms with Gasteiger partial charge >= 0.3 is 5.97 Å². The number of benzene rings is 1. The number of ether oxygens (including phenoxy) is 1. The Morgan fingerprint density at radius 2 is 1.97 bits per heavy atom. The fourth-order valence-corrected chi connectivity index (χ4v) is 3.81. The Hall–Kier alpha value is -2.76. The minimum Gasteiger partial charge on any atom is -0.422 e. The second kappa shape index (κ2) is 6.94. The van der Waals surface area contributed by atoms with Gasteiger partial charge in [-0.1, -0.05) is 20.8 Å². The van der Waals surface area contributed by atoms with Crippen molar-refractivity contribution >= 4 is 16.9 Å². The third kappa shape index (κ3) is 3.41. The molecule has 0 bridgehead atoms. The van der Waals surface area contributed by atoms with Crippen molar-refractivity contribution in [2.45, 2.75) is 65.8 Å². The van der Waals surface area contributed by atoms with E-state index in [9.17, 15) is 9.18 Å². The number of rotatable bonds is 2. The molecule has 0 radical (unpaired) electrons. The maximum Gasteiger partial charge on any atom is 0.347 e. The summed E-state index contributed by atoms with van der Waals surface area (Å²) in [7, 11) is 0. The van der Waals surface area contributed by atoms with Crippen molar-refractivity contribution < 1.29 is 13.9 Å². The number of aryl methyl sites for hydroxylation is 2. The molecule has 0 atom stereocenters. The Kier molecular flexibility index (Phi) is 4.68. The molecule has 1 aliphatic heterocycles. The lowest BCUT2D eigenvalue weighted by Crippen LogP contribution is -2.17. The molecule has 3 aromatic rings. The summed E-state index contributed by atoms with van der Waals surface area (Å²) in [6.45, 7) is 10.5. The molecule has 3 heterocycles. The summed E-state index contributed by atoms with van der Waals surface area (Å²) in [5, 5.41) is 4.85. The number of pyridine rings is 1. The molecule has 152 valence electrons.